The van der Waals surface area contributed by atoms with Crippen molar-refractivity contribution in [2.75, 3.05) is 5.75 Å². The van der Waals surface area contributed by atoms with Gasteiger partial charge in [0.2, 0.25) is 5.91 Å². The number of halogens is 2. The number of imidazole rings is 1. The highest BCUT2D eigenvalue weighted by Crippen LogP contribution is 2.42. The molecule has 0 saturated carbocycles. The molecule has 0 bridgehead atoms. The van der Waals surface area contributed by atoms with Crippen LogP contribution in [0.2, 0.25) is 10.0 Å². The molecule has 0 spiro atoms. The number of benzene rings is 2. The van der Waals surface area contributed by atoms with Crippen LogP contribution in [0.1, 0.15) is 4.79 Å². The number of carbonyl (C=O) groups is 1. The van der Waals surface area contributed by atoms with E-state index in [1.54, 1.807) is 10.6 Å². The molecule has 23 heavy (non-hydrogen) atoms. The fourth-order valence-electron chi connectivity index (χ4n) is 2.66. The van der Waals surface area contributed by atoms with E-state index < -0.39 is 0 Å². The van der Waals surface area contributed by atoms with Gasteiger partial charge in [0.05, 0.1) is 22.2 Å². The summed E-state index contributed by atoms with van der Waals surface area (Å²) in [6.45, 7) is 0. The van der Waals surface area contributed by atoms with Crippen LogP contribution in [0.5, 0.6) is 0 Å². The second kappa shape index (κ2) is 5.71. The third kappa shape index (κ3) is 2.38. The summed E-state index contributed by atoms with van der Waals surface area (Å²) in [6.07, 6.45) is 0. The minimum absolute atomic E-state index is 0.00530. The van der Waals surface area contributed by atoms with Crippen LogP contribution in [0.4, 0.5) is 0 Å². The van der Waals surface area contributed by atoms with Crippen molar-refractivity contribution in [3.63, 3.8) is 0 Å². The molecular weight excluding hydrogens is 351 g/mol. The van der Waals surface area contributed by atoms with E-state index in [1.165, 1.54) is 11.8 Å². The standard InChI is InChI=1S/C17H10Cl2N2OS/c18-12-7-3-1-5-10(12)15-16(11-6-2-4-8-13(11)19)21-14(22)9-23-17(21)20-15/h1-8H,9H2. The lowest BCUT2D eigenvalue weighted by molar-refractivity contribution is 0.0941. The zero-order chi connectivity index (χ0) is 16.0. The molecule has 3 aromatic rings. The first-order valence-electron chi connectivity index (χ1n) is 6.95. The molecule has 0 fully saturated rings. The Balaban J connectivity index is 2.06. The number of nitrogens with zero attached hydrogens (tertiary/aromatic N) is 2. The predicted octanol–water partition coefficient (Wildman–Crippen LogP) is 5.27. The number of rotatable bonds is 2. The highest BCUT2D eigenvalue weighted by molar-refractivity contribution is 8.00. The lowest BCUT2D eigenvalue weighted by Crippen LogP contribution is -2.08. The van der Waals surface area contributed by atoms with Crippen LogP contribution >= 0.6 is 35.0 Å². The fourth-order valence-corrected chi connectivity index (χ4v) is 3.97. The average Bonchev–Trinajstić information content (AvgIpc) is 3.09. The van der Waals surface area contributed by atoms with E-state index in [0.29, 0.717) is 32.3 Å². The molecule has 0 radical (unpaired) electrons. The summed E-state index contributed by atoms with van der Waals surface area (Å²) in [7, 11) is 0. The van der Waals surface area contributed by atoms with Gasteiger partial charge in [0.25, 0.3) is 0 Å². The van der Waals surface area contributed by atoms with Crippen molar-refractivity contribution in [3.8, 4) is 22.5 Å². The normalized spacial score (nSPS) is 13.4. The van der Waals surface area contributed by atoms with Gasteiger partial charge in [-0.25, -0.2) is 4.98 Å². The van der Waals surface area contributed by atoms with Crippen molar-refractivity contribution in [3.05, 3.63) is 58.6 Å². The van der Waals surface area contributed by atoms with Crippen LogP contribution in [0.25, 0.3) is 22.5 Å². The van der Waals surface area contributed by atoms with Crippen molar-refractivity contribution >= 4 is 40.9 Å². The van der Waals surface area contributed by atoms with Crippen LogP contribution < -0.4 is 0 Å². The van der Waals surface area contributed by atoms with E-state index in [2.05, 4.69) is 4.98 Å². The molecule has 3 nitrogen and oxygen atoms in total. The van der Waals surface area contributed by atoms with E-state index in [4.69, 9.17) is 23.2 Å². The summed E-state index contributed by atoms with van der Waals surface area (Å²) in [6, 6.07) is 14.9. The van der Waals surface area contributed by atoms with Crippen molar-refractivity contribution in [2.24, 2.45) is 0 Å². The fraction of sp³-hybridized carbons (Fsp3) is 0.0588. The third-order valence-electron chi connectivity index (χ3n) is 3.68. The van der Waals surface area contributed by atoms with Crippen LogP contribution in [0, 0.1) is 0 Å². The Kier molecular flexibility index (Phi) is 3.68. The molecule has 2 heterocycles. The highest BCUT2D eigenvalue weighted by atomic mass is 35.5. The molecule has 0 aliphatic carbocycles. The van der Waals surface area contributed by atoms with E-state index in [0.717, 1.165) is 11.1 Å². The van der Waals surface area contributed by atoms with Gasteiger partial charge in [-0.2, -0.15) is 0 Å². The Bertz CT molecular complexity index is 936. The van der Waals surface area contributed by atoms with Crippen LogP contribution in [-0.4, -0.2) is 21.2 Å². The Hall–Kier alpha value is -1.75. The molecule has 0 N–H and O–H groups in total. The molecular formula is C17H10Cl2N2OS. The van der Waals surface area contributed by atoms with Crippen LogP contribution in [-0.2, 0) is 0 Å². The minimum atomic E-state index is 0.00530. The molecule has 0 amide bonds. The average molecular weight is 361 g/mol. The maximum atomic E-state index is 12.3. The van der Waals surface area contributed by atoms with Crippen molar-refractivity contribution < 1.29 is 4.79 Å². The van der Waals surface area contributed by atoms with Gasteiger partial charge >= 0.3 is 0 Å². The number of thioether (sulfide) groups is 1. The summed E-state index contributed by atoms with van der Waals surface area (Å²) in [4.78, 5) is 17.0. The van der Waals surface area contributed by atoms with Crippen LogP contribution in [0.3, 0.4) is 0 Å². The number of fused-ring (bicyclic) bond motifs is 1. The molecule has 1 aliphatic heterocycles. The van der Waals surface area contributed by atoms with Gasteiger partial charge < -0.3 is 0 Å². The first-order valence-corrected chi connectivity index (χ1v) is 8.69. The number of carbonyl (C=O) groups excluding carboxylic acids is 1. The first-order chi connectivity index (χ1) is 11.2. The van der Waals surface area contributed by atoms with Gasteiger partial charge in [-0.3, -0.25) is 9.36 Å². The largest absolute Gasteiger partial charge is 0.273 e. The van der Waals surface area contributed by atoms with E-state index >= 15 is 0 Å². The van der Waals surface area contributed by atoms with Crippen LogP contribution in [0.15, 0.2) is 53.7 Å². The lowest BCUT2D eigenvalue weighted by Gasteiger charge is -2.10. The van der Waals surface area contributed by atoms with E-state index in [1.807, 2.05) is 42.5 Å². The van der Waals surface area contributed by atoms with Gasteiger partial charge in [-0.15, -0.1) is 0 Å². The predicted molar refractivity (Wildman–Crippen MR) is 94.5 cm³/mol. The lowest BCUT2D eigenvalue weighted by atomic mass is 10.0. The minimum Gasteiger partial charge on any atom is -0.273 e. The van der Waals surface area contributed by atoms with E-state index in [9.17, 15) is 4.79 Å². The topological polar surface area (TPSA) is 34.9 Å². The molecule has 0 unspecified atom stereocenters. The van der Waals surface area contributed by atoms with Crippen molar-refractivity contribution in [1.29, 1.82) is 0 Å². The molecule has 0 atom stereocenters. The van der Waals surface area contributed by atoms with Gasteiger partial charge in [0.1, 0.15) is 0 Å². The summed E-state index contributed by atoms with van der Waals surface area (Å²) < 4.78 is 1.64. The number of hydrogen-bond acceptors (Lipinski definition) is 3. The summed E-state index contributed by atoms with van der Waals surface area (Å²) >= 11 is 14.1. The molecule has 6 heteroatoms. The highest BCUT2D eigenvalue weighted by Gasteiger charge is 2.30. The van der Waals surface area contributed by atoms with Crippen molar-refractivity contribution in [2.45, 2.75) is 5.16 Å². The maximum absolute atomic E-state index is 12.3. The van der Waals surface area contributed by atoms with Gasteiger partial charge in [-0.1, -0.05) is 71.4 Å². The molecule has 4 rings (SSSR count). The quantitative estimate of drug-likeness (QED) is 0.624. The monoisotopic (exact) mass is 360 g/mol. The van der Waals surface area contributed by atoms with Gasteiger partial charge in [-0.05, 0) is 12.1 Å². The van der Waals surface area contributed by atoms with E-state index in [-0.39, 0.29) is 5.91 Å². The molecule has 114 valence electrons. The Morgan fingerprint density at radius 1 is 0.957 bits per heavy atom. The molecule has 1 aliphatic rings. The second-order valence-electron chi connectivity index (χ2n) is 5.07. The number of hydrogen-bond donors (Lipinski definition) is 0. The Labute approximate surface area is 147 Å². The number of aromatic nitrogens is 2. The smallest absolute Gasteiger partial charge is 0.243 e. The SMILES string of the molecule is O=C1CSc2nc(-c3ccccc3Cl)c(-c3ccccc3Cl)n21. The molecule has 1 aromatic heterocycles. The maximum Gasteiger partial charge on any atom is 0.243 e. The summed E-state index contributed by atoms with van der Waals surface area (Å²) in [5.74, 6) is 0.397. The summed E-state index contributed by atoms with van der Waals surface area (Å²) in [5.41, 5.74) is 2.95. The van der Waals surface area contributed by atoms with Crippen molar-refractivity contribution in [1.82, 2.24) is 9.55 Å². The summed E-state index contributed by atoms with van der Waals surface area (Å²) in [5, 5.41) is 1.85. The van der Waals surface area contributed by atoms with Gasteiger partial charge in [0, 0.05) is 16.1 Å². The Morgan fingerprint density at radius 2 is 1.57 bits per heavy atom. The second-order valence-corrected chi connectivity index (χ2v) is 6.83. The molecule has 2 aromatic carbocycles. The zero-order valence-corrected chi connectivity index (χ0v) is 14.1. The zero-order valence-electron chi connectivity index (χ0n) is 11.8. The molecule has 0 saturated heterocycles. The van der Waals surface area contributed by atoms with Gasteiger partial charge in [0.15, 0.2) is 5.16 Å². The first kappa shape index (κ1) is 14.8. The third-order valence-corrected chi connectivity index (χ3v) is 5.26. The Morgan fingerprint density at radius 3 is 2.22 bits per heavy atom.